The maximum Gasteiger partial charge on any atom is 0.251 e. The molecular formula is C20H22BrN3O3. The topological polar surface area (TPSA) is 70.7 Å². The average Bonchev–Trinajstić information content (AvgIpc) is 2.69. The second-order valence-corrected chi connectivity index (χ2v) is 7.12. The molecule has 0 aliphatic carbocycles. The maximum absolute atomic E-state index is 12.1. The van der Waals surface area contributed by atoms with E-state index in [0.717, 1.165) is 42.2 Å². The minimum Gasteiger partial charge on any atom is -0.378 e. The molecule has 1 aliphatic heterocycles. The van der Waals surface area contributed by atoms with Crippen molar-refractivity contribution in [2.24, 2.45) is 0 Å². The van der Waals surface area contributed by atoms with Gasteiger partial charge in [-0.25, -0.2) is 0 Å². The molecule has 0 radical (unpaired) electrons. The molecule has 27 heavy (non-hydrogen) atoms. The van der Waals surface area contributed by atoms with Crippen molar-refractivity contribution < 1.29 is 14.3 Å². The highest BCUT2D eigenvalue weighted by Crippen LogP contribution is 2.19. The Balaban J connectivity index is 1.42. The van der Waals surface area contributed by atoms with E-state index in [0.29, 0.717) is 5.56 Å². The fourth-order valence-corrected chi connectivity index (χ4v) is 3.06. The number of morpholine rings is 1. The predicted molar refractivity (Wildman–Crippen MR) is 109 cm³/mol. The number of nitrogens with zero attached hydrogens (tertiary/aromatic N) is 1. The summed E-state index contributed by atoms with van der Waals surface area (Å²) in [5.74, 6) is -0.324. The number of ether oxygens (including phenoxy) is 1. The number of anilines is 2. The molecule has 142 valence electrons. The third-order valence-electron chi connectivity index (χ3n) is 4.27. The van der Waals surface area contributed by atoms with Crippen molar-refractivity contribution in [1.29, 1.82) is 0 Å². The third-order valence-corrected chi connectivity index (χ3v) is 4.80. The Labute approximate surface area is 167 Å². The molecule has 0 aromatic heterocycles. The first-order chi connectivity index (χ1) is 13.1. The van der Waals surface area contributed by atoms with Gasteiger partial charge in [-0.3, -0.25) is 9.59 Å². The van der Waals surface area contributed by atoms with Gasteiger partial charge >= 0.3 is 0 Å². The first-order valence-electron chi connectivity index (χ1n) is 8.88. The first kappa shape index (κ1) is 19.4. The van der Waals surface area contributed by atoms with E-state index in [1.165, 1.54) is 0 Å². The highest BCUT2D eigenvalue weighted by Gasteiger charge is 2.11. The van der Waals surface area contributed by atoms with E-state index in [1.54, 1.807) is 12.1 Å². The molecule has 1 fully saturated rings. The van der Waals surface area contributed by atoms with E-state index in [-0.39, 0.29) is 24.8 Å². The van der Waals surface area contributed by atoms with E-state index in [4.69, 9.17) is 4.74 Å². The molecule has 6 nitrogen and oxygen atoms in total. The van der Waals surface area contributed by atoms with Gasteiger partial charge in [0.25, 0.3) is 5.91 Å². The van der Waals surface area contributed by atoms with Crippen LogP contribution in [-0.4, -0.2) is 44.7 Å². The van der Waals surface area contributed by atoms with Crippen LogP contribution in [0.25, 0.3) is 0 Å². The van der Waals surface area contributed by atoms with Gasteiger partial charge < -0.3 is 20.3 Å². The fourth-order valence-electron chi connectivity index (χ4n) is 2.79. The highest BCUT2D eigenvalue weighted by atomic mass is 79.9. The number of benzene rings is 2. The van der Waals surface area contributed by atoms with Crippen LogP contribution in [0.4, 0.5) is 11.4 Å². The van der Waals surface area contributed by atoms with Crippen molar-refractivity contribution in [3.8, 4) is 0 Å². The Morgan fingerprint density at radius 3 is 2.33 bits per heavy atom. The average molecular weight is 432 g/mol. The summed E-state index contributed by atoms with van der Waals surface area (Å²) in [7, 11) is 0. The second-order valence-electron chi connectivity index (χ2n) is 6.21. The Bertz CT molecular complexity index is 772. The van der Waals surface area contributed by atoms with Crippen molar-refractivity contribution in [3.05, 3.63) is 58.6 Å². The maximum atomic E-state index is 12.1. The van der Waals surface area contributed by atoms with Crippen LogP contribution in [0.5, 0.6) is 0 Å². The van der Waals surface area contributed by atoms with Crippen LogP contribution < -0.4 is 15.5 Å². The molecule has 7 heteroatoms. The number of carbonyl (C=O) groups excluding carboxylic acids is 2. The summed E-state index contributed by atoms with van der Waals surface area (Å²) in [6.45, 7) is 3.52. The lowest BCUT2D eigenvalue weighted by Gasteiger charge is -2.28. The number of nitrogens with one attached hydrogen (secondary N) is 2. The molecule has 2 N–H and O–H groups in total. The van der Waals surface area contributed by atoms with Gasteiger partial charge in [-0.15, -0.1) is 0 Å². The molecule has 1 saturated heterocycles. The predicted octanol–water partition coefficient (Wildman–Crippen LogP) is 3.04. The van der Waals surface area contributed by atoms with Crippen LogP contribution >= 0.6 is 15.9 Å². The monoisotopic (exact) mass is 431 g/mol. The molecule has 2 amide bonds. The lowest BCUT2D eigenvalue weighted by atomic mass is 10.2. The molecule has 0 bridgehead atoms. The third kappa shape index (κ3) is 5.80. The number of rotatable bonds is 6. The Morgan fingerprint density at radius 1 is 1.00 bits per heavy atom. The Kier molecular flexibility index (Phi) is 6.84. The number of carbonyl (C=O) groups is 2. The molecule has 2 aromatic carbocycles. The zero-order chi connectivity index (χ0) is 19.1. The van der Waals surface area contributed by atoms with Gasteiger partial charge in [0, 0.05) is 47.5 Å². The molecule has 3 rings (SSSR count). The van der Waals surface area contributed by atoms with Crippen molar-refractivity contribution in [2.75, 3.05) is 43.1 Å². The normalized spacial score (nSPS) is 13.9. The number of hydrogen-bond donors (Lipinski definition) is 2. The summed E-state index contributed by atoms with van der Waals surface area (Å²) < 4.78 is 6.27. The van der Waals surface area contributed by atoms with Crippen molar-refractivity contribution in [1.82, 2.24) is 5.32 Å². The van der Waals surface area contributed by atoms with Crippen LogP contribution in [0.1, 0.15) is 16.8 Å². The van der Waals surface area contributed by atoms with Gasteiger partial charge in [0.2, 0.25) is 5.91 Å². The minimum absolute atomic E-state index is 0.134. The summed E-state index contributed by atoms with van der Waals surface area (Å²) in [6.07, 6.45) is 0.216. The van der Waals surface area contributed by atoms with Crippen molar-refractivity contribution >= 4 is 39.1 Å². The van der Waals surface area contributed by atoms with Gasteiger partial charge in [0.15, 0.2) is 0 Å². The van der Waals surface area contributed by atoms with E-state index in [1.807, 2.05) is 36.4 Å². The van der Waals surface area contributed by atoms with Gasteiger partial charge in [-0.05, 0) is 48.5 Å². The van der Waals surface area contributed by atoms with Gasteiger partial charge in [0.05, 0.1) is 13.2 Å². The van der Waals surface area contributed by atoms with E-state index in [9.17, 15) is 9.59 Å². The molecule has 2 aromatic rings. The highest BCUT2D eigenvalue weighted by molar-refractivity contribution is 9.10. The lowest BCUT2D eigenvalue weighted by Crippen LogP contribution is -2.36. The number of halogens is 1. The number of hydrogen-bond acceptors (Lipinski definition) is 4. The lowest BCUT2D eigenvalue weighted by molar-refractivity contribution is -0.116. The molecule has 0 unspecified atom stereocenters. The smallest absolute Gasteiger partial charge is 0.251 e. The van der Waals surface area contributed by atoms with E-state index >= 15 is 0 Å². The van der Waals surface area contributed by atoms with Gasteiger partial charge in [-0.1, -0.05) is 15.9 Å². The zero-order valence-corrected chi connectivity index (χ0v) is 16.5. The standard InChI is InChI=1S/C20H22BrN3O3/c21-16-3-1-15(2-4-16)20(26)22-10-9-19(25)23-17-5-7-18(8-6-17)24-11-13-27-14-12-24/h1-8H,9-14H2,(H,22,26)(H,23,25). The molecule has 0 atom stereocenters. The van der Waals surface area contributed by atoms with E-state index < -0.39 is 0 Å². The minimum atomic E-state index is -0.190. The summed E-state index contributed by atoms with van der Waals surface area (Å²) in [5.41, 5.74) is 2.44. The van der Waals surface area contributed by atoms with Crippen molar-refractivity contribution in [2.45, 2.75) is 6.42 Å². The Hall–Kier alpha value is -2.38. The quantitative estimate of drug-likeness (QED) is 0.737. The van der Waals surface area contributed by atoms with E-state index in [2.05, 4.69) is 31.5 Å². The van der Waals surface area contributed by atoms with Crippen LogP contribution in [0.15, 0.2) is 53.0 Å². The van der Waals surface area contributed by atoms with Crippen LogP contribution in [-0.2, 0) is 9.53 Å². The molecule has 0 spiro atoms. The summed E-state index contributed by atoms with van der Waals surface area (Å²) in [4.78, 5) is 26.3. The first-order valence-corrected chi connectivity index (χ1v) is 9.67. The van der Waals surface area contributed by atoms with Crippen LogP contribution in [0.3, 0.4) is 0 Å². The second kappa shape index (κ2) is 9.53. The fraction of sp³-hybridized carbons (Fsp3) is 0.300. The zero-order valence-electron chi connectivity index (χ0n) is 14.9. The molecule has 1 heterocycles. The summed E-state index contributed by atoms with van der Waals surface area (Å²) >= 11 is 3.33. The molecule has 0 saturated carbocycles. The molecular weight excluding hydrogens is 410 g/mol. The van der Waals surface area contributed by atoms with Gasteiger partial charge in [-0.2, -0.15) is 0 Å². The van der Waals surface area contributed by atoms with Crippen LogP contribution in [0.2, 0.25) is 0 Å². The Morgan fingerprint density at radius 2 is 1.67 bits per heavy atom. The van der Waals surface area contributed by atoms with Crippen LogP contribution in [0, 0.1) is 0 Å². The molecule has 1 aliphatic rings. The number of amides is 2. The summed E-state index contributed by atoms with van der Waals surface area (Å²) in [5, 5.41) is 5.61. The van der Waals surface area contributed by atoms with Crippen molar-refractivity contribution in [3.63, 3.8) is 0 Å². The van der Waals surface area contributed by atoms with Gasteiger partial charge in [0.1, 0.15) is 0 Å². The summed E-state index contributed by atoms with van der Waals surface area (Å²) in [6, 6.07) is 14.9. The largest absolute Gasteiger partial charge is 0.378 e. The SMILES string of the molecule is O=C(CCNC(=O)c1ccc(Br)cc1)Nc1ccc(N2CCOCC2)cc1.